The average molecular weight is 292 g/mol. The van der Waals surface area contributed by atoms with Crippen molar-refractivity contribution in [1.82, 2.24) is 4.90 Å². The lowest BCUT2D eigenvalue weighted by atomic mass is 10.3. The van der Waals surface area contributed by atoms with Crippen LogP contribution in [-0.2, 0) is 14.3 Å². The lowest BCUT2D eigenvalue weighted by Gasteiger charge is -2.15. The standard InChI is InChI=1S/C15H20N2O4/c1-17(12-4-5-12)14(18)10-21-15(19)8-9-20-13-6-2-11(16)3-7-13/h2-3,6-7,12H,4-5,8-10,16H2,1H3. The predicted molar refractivity (Wildman–Crippen MR) is 77.7 cm³/mol. The van der Waals surface area contributed by atoms with Crippen molar-refractivity contribution in [1.29, 1.82) is 0 Å². The molecule has 0 unspecified atom stereocenters. The molecule has 0 atom stereocenters. The van der Waals surface area contributed by atoms with Crippen molar-refractivity contribution in [2.75, 3.05) is 26.0 Å². The van der Waals surface area contributed by atoms with Crippen LogP contribution in [0.4, 0.5) is 5.69 Å². The molecular formula is C15H20N2O4. The van der Waals surface area contributed by atoms with Crippen molar-refractivity contribution < 1.29 is 19.1 Å². The molecule has 1 aliphatic rings. The first kappa shape index (κ1) is 15.2. The number of anilines is 1. The summed E-state index contributed by atoms with van der Waals surface area (Å²) in [5.74, 6) is 0.0369. The van der Waals surface area contributed by atoms with E-state index in [0.717, 1.165) is 12.8 Å². The van der Waals surface area contributed by atoms with Gasteiger partial charge < -0.3 is 20.1 Å². The smallest absolute Gasteiger partial charge is 0.309 e. The zero-order valence-corrected chi connectivity index (χ0v) is 12.1. The molecule has 1 saturated carbocycles. The maximum Gasteiger partial charge on any atom is 0.309 e. The second-order valence-corrected chi connectivity index (χ2v) is 5.06. The summed E-state index contributed by atoms with van der Waals surface area (Å²) < 4.78 is 10.3. The van der Waals surface area contributed by atoms with E-state index >= 15 is 0 Å². The first-order valence-corrected chi connectivity index (χ1v) is 6.96. The molecule has 1 amide bonds. The van der Waals surface area contributed by atoms with E-state index in [2.05, 4.69) is 0 Å². The summed E-state index contributed by atoms with van der Waals surface area (Å²) in [5, 5.41) is 0. The van der Waals surface area contributed by atoms with Gasteiger partial charge in [-0.2, -0.15) is 0 Å². The number of nitrogens with two attached hydrogens (primary N) is 1. The van der Waals surface area contributed by atoms with Gasteiger partial charge in [-0.1, -0.05) is 0 Å². The normalized spacial score (nSPS) is 13.6. The van der Waals surface area contributed by atoms with Crippen LogP contribution < -0.4 is 10.5 Å². The van der Waals surface area contributed by atoms with Crippen molar-refractivity contribution in [3.05, 3.63) is 24.3 Å². The lowest BCUT2D eigenvalue weighted by Crippen LogP contribution is -2.33. The Balaban J connectivity index is 1.61. The third kappa shape index (κ3) is 4.98. The van der Waals surface area contributed by atoms with Crippen LogP contribution in [-0.4, -0.2) is 43.1 Å². The van der Waals surface area contributed by atoms with E-state index < -0.39 is 5.97 Å². The van der Waals surface area contributed by atoms with E-state index in [9.17, 15) is 9.59 Å². The van der Waals surface area contributed by atoms with E-state index in [1.54, 1.807) is 36.2 Å². The van der Waals surface area contributed by atoms with E-state index in [4.69, 9.17) is 15.2 Å². The summed E-state index contributed by atoms with van der Waals surface area (Å²) in [7, 11) is 1.73. The van der Waals surface area contributed by atoms with E-state index in [1.165, 1.54) is 0 Å². The molecule has 1 aromatic carbocycles. The van der Waals surface area contributed by atoms with Crippen LogP contribution >= 0.6 is 0 Å². The van der Waals surface area contributed by atoms with Crippen LogP contribution in [0, 0.1) is 0 Å². The summed E-state index contributed by atoms with van der Waals surface area (Å²) in [5.41, 5.74) is 6.21. The molecule has 0 aromatic heterocycles. The van der Waals surface area contributed by atoms with Gasteiger partial charge in [-0.05, 0) is 37.1 Å². The van der Waals surface area contributed by atoms with Crippen molar-refractivity contribution in [2.24, 2.45) is 0 Å². The zero-order chi connectivity index (χ0) is 15.2. The highest BCUT2D eigenvalue weighted by atomic mass is 16.5. The quantitative estimate of drug-likeness (QED) is 0.603. The Bertz CT molecular complexity index is 497. The monoisotopic (exact) mass is 292 g/mol. The molecule has 2 N–H and O–H groups in total. The molecule has 21 heavy (non-hydrogen) atoms. The maximum absolute atomic E-state index is 11.7. The molecule has 6 heteroatoms. The third-order valence-corrected chi connectivity index (χ3v) is 3.30. The number of hydrogen-bond donors (Lipinski definition) is 1. The number of nitrogens with zero attached hydrogens (tertiary/aromatic N) is 1. The minimum absolute atomic E-state index is 0.102. The molecule has 1 aromatic rings. The van der Waals surface area contributed by atoms with Gasteiger partial charge in [0.25, 0.3) is 5.91 Å². The predicted octanol–water partition coefficient (Wildman–Crippen LogP) is 1.20. The van der Waals surface area contributed by atoms with Gasteiger partial charge in [0.15, 0.2) is 6.61 Å². The highest BCUT2D eigenvalue weighted by molar-refractivity contribution is 5.80. The lowest BCUT2D eigenvalue weighted by molar-refractivity contribution is -0.152. The van der Waals surface area contributed by atoms with E-state index in [1.807, 2.05) is 0 Å². The maximum atomic E-state index is 11.7. The van der Waals surface area contributed by atoms with Crippen LogP contribution in [0.15, 0.2) is 24.3 Å². The zero-order valence-electron chi connectivity index (χ0n) is 12.1. The fraction of sp³-hybridized carbons (Fsp3) is 0.467. The fourth-order valence-corrected chi connectivity index (χ4v) is 1.80. The molecule has 0 radical (unpaired) electrons. The SMILES string of the molecule is CN(C(=O)COC(=O)CCOc1ccc(N)cc1)C1CC1. The number of hydrogen-bond acceptors (Lipinski definition) is 5. The van der Waals surface area contributed by atoms with Gasteiger partial charge >= 0.3 is 5.97 Å². The van der Waals surface area contributed by atoms with E-state index in [-0.39, 0.29) is 25.5 Å². The van der Waals surface area contributed by atoms with Gasteiger partial charge in [0.05, 0.1) is 13.0 Å². The number of likely N-dealkylation sites (N-methyl/N-ethyl adjacent to an activating group) is 1. The molecule has 0 aliphatic heterocycles. The number of ether oxygens (including phenoxy) is 2. The molecule has 0 heterocycles. The molecule has 114 valence electrons. The van der Waals surface area contributed by atoms with Crippen LogP contribution in [0.5, 0.6) is 5.75 Å². The number of nitrogen functional groups attached to an aromatic ring is 1. The summed E-state index contributed by atoms with van der Waals surface area (Å²) in [6.45, 7) is 0.00309. The minimum Gasteiger partial charge on any atom is -0.493 e. The molecule has 0 saturated heterocycles. The van der Waals surface area contributed by atoms with Crippen molar-refractivity contribution in [3.63, 3.8) is 0 Å². The molecular weight excluding hydrogens is 272 g/mol. The summed E-state index contributed by atoms with van der Waals surface area (Å²) in [6.07, 6.45) is 2.17. The Morgan fingerprint density at radius 3 is 2.57 bits per heavy atom. The molecule has 1 fully saturated rings. The average Bonchev–Trinajstić information content (AvgIpc) is 3.30. The second-order valence-electron chi connectivity index (χ2n) is 5.06. The Labute approximate surface area is 123 Å². The van der Waals surface area contributed by atoms with Crippen LogP contribution in [0.25, 0.3) is 0 Å². The summed E-state index contributed by atoms with van der Waals surface area (Å²) in [4.78, 5) is 24.8. The van der Waals surface area contributed by atoms with Crippen molar-refractivity contribution >= 4 is 17.6 Å². The summed E-state index contributed by atoms with van der Waals surface area (Å²) >= 11 is 0. The number of rotatable bonds is 7. The Morgan fingerprint density at radius 1 is 1.29 bits per heavy atom. The first-order chi connectivity index (χ1) is 10.1. The van der Waals surface area contributed by atoms with Gasteiger partial charge in [0, 0.05) is 18.8 Å². The van der Waals surface area contributed by atoms with Gasteiger partial charge in [0.2, 0.25) is 0 Å². The van der Waals surface area contributed by atoms with Crippen LogP contribution in [0.1, 0.15) is 19.3 Å². The molecule has 0 bridgehead atoms. The van der Waals surface area contributed by atoms with Gasteiger partial charge in [-0.25, -0.2) is 0 Å². The Morgan fingerprint density at radius 2 is 1.95 bits per heavy atom. The number of esters is 1. The highest BCUT2D eigenvalue weighted by Gasteiger charge is 2.29. The number of benzene rings is 1. The number of amides is 1. The Hall–Kier alpha value is -2.24. The fourth-order valence-electron chi connectivity index (χ4n) is 1.80. The topological polar surface area (TPSA) is 81.9 Å². The van der Waals surface area contributed by atoms with Gasteiger partial charge in [0.1, 0.15) is 5.75 Å². The molecule has 2 rings (SSSR count). The highest BCUT2D eigenvalue weighted by Crippen LogP contribution is 2.25. The molecule has 0 spiro atoms. The molecule has 1 aliphatic carbocycles. The largest absolute Gasteiger partial charge is 0.493 e. The van der Waals surface area contributed by atoms with E-state index in [0.29, 0.717) is 17.5 Å². The number of carbonyl (C=O) groups is 2. The van der Waals surface area contributed by atoms with Crippen molar-refractivity contribution in [2.45, 2.75) is 25.3 Å². The second kappa shape index (κ2) is 6.97. The van der Waals surface area contributed by atoms with Gasteiger partial charge in [-0.15, -0.1) is 0 Å². The van der Waals surface area contributed by atoms with Crippen LogP contribution in [0.3, 0.4) is 0 Å². The Kier molecular flexibility index (Phi) is 5.03. The van der Waals surface area contributed by atoms with Crippen molar-refractivity contribution in [3.8, 4) is 5.75 Å². The number of carbonyl (C=O) groups excluding carboxylic acids is 2. The molecule has 6 nitrogen and oxygen atoms in total. The minimum atomic E-state index is -0.442. The first-order valence-electron chi connectivity index (χ1n) is 6.96. The summed E-state index contributed by atoms with van der Waals surface area (Å²) in [6, 6.07) is 7.23. The third-order valence-electron chi connectivity index (χ3n) is 3.30. The van der Waals surface area contributed by atoms with Crippen LogP contribution in [0.2, 0.25) is 0 Å². The van der Waals surface area contributed by atoms with Gasteiger partial charge in [-0.3, -0.25) is 9.59 Å².